The molecule has 1 heterocycles. The van der Waals surface area contributed by atoms with Crippen molar-refractivity contribution >= 4 is 5.96 Å². The Labute approximate surface area is 176 Å². The van der Waals surface area contributed by atoms with Gasteiger partial charge in [-0.1, -0.05) is 18.2 Å². The zero-order chi connectivity index (χ0) is 21.8. The van der Waals surface area contributed by atoms with Crippen LogP contribution in [0.2, 0.25) is 0 Å². The van der Waals surface area contributed by atoms with Gasteiger partial charge in [0.15, 0.2) is 5.96 Å². The number of likely N-dealkylation sites (tertiary alicyclic amines) is 1. The average Bonchev–Trinajstić information content (AvgIpc) is 2.72. The summed E-state index contributed by atoms with van der Waals surface area (Å²) in [6, 6.07) is 7.75. The van der Waals surface area contributed by atoms with E-state index in [0.29, 0.717) is 44.7 Å². The highest BCUT2D eigenvalue weighted by atomic mass is 19.4. The Hall–Kier alpha value is -2.00. The lowest BCUT2D eigenvalue weighted by molar-refractivity contribution is -0.148. The Kier molecular flexibility index (Phi) is 10.2. The maximum absolute atomic E-state index is 12.5. The molecule has 2 rings (SSSR count). The van der Waals surface area contributed by atoms with Crippen LogP contribution in [0.15, 0.2) is 29.3 Å². The monoisotopic (exact) mass is 430 g/mol. The molecule has 0 amide bonds. The molecule has 0 spiro atoms. The second-order valence-electron chi connectivity index (χ2n) is 7.41. The number of nitrogens with one attached hydrogen (secondary N) is 2. The summed E-state index contributed by atoms with van der Waals surface area (Å²) < 4.78 is 48.3. The maximum atomic E-state index is 12.5. The van der Waals surface area contributed by atoms with Crippen molar-refractivity contribution in [1.82, 2.24) is 15.5 Å². The molecule has 9 heteroatoms. The standard InChI is InChI=1S/C21H33F3N4O2/c1-25-20(27-11-14-30-15-18-5-3-4-6-19(18)29-2)26-10-7-17-8-12-28(13-9-17)16-21(22,23)24/h3-6,17H,7-16H2,1-2H3,(H2,25,26,27). The van der Waals surface area contributed by atoms with Gasteiger partial charge in [-0.2, -0.15) is 13.2 Å². The van der Waals surface area contributed by atoms with E-state index in [-0.39, 0.29) is 0 Å². The number of aliphatic imine (C=N–C) groups is 1. The van der Waals surface area contributed by atoms with Gasteiger partial charge in [0.25, 0.3) is 0 Å². The fraction of sp³-hybridized carbons (Fsp3) is 0.667. The van der Waals surface area contributed by atoms with Crippen molar-refractivity contribution in [2.75, 3.05) is 53.5 Å². The van der Waals surface area contributed by atoms with Crippen molar-refractivity contribution in [2.45, 2.75) is 32.0 Å². The van der Waals surface area contributed by atoms with E-state index in [4.69, 9.17) is 9.47 Å². The zero-order valence-electron chi connectivity index (χ0n) is 17.8. The molecule has 0 aromatic heterocycles. The fourth-order valence-electron chi connectivity index (χ4n) is 3.55. The largest absolute Gasteiger partial charge is 0.496 e. The molecule has 0 atom stereocenters. The normalized spacial score (nSPS) is 16.5. The van der Waals surface area contributed by atoms with Crippen LogP contribution in [0.4, 0.5) is 13.2 Å². The van der Waals surface area contributed by atoms with Crippen LogP contribution in [0.25, 0.3) is 0 Å². The lowest BCUT2D eigenvalue weighted by Crippen LogP contribution is -2.42. The van der Waals surface area contributed by atoms with E-state index in [9.17, 15) is 13.2 Å². The van der Waals surface area contributed by atoms with Gasteiger partial charge in [-0.05, 0) is 44.3 Å². The van der Waals surface area contributed by atoms with Crippen LogP contribution in [0.5, 0.6) is 5.75 Å². The number of ether oxygens (including phenoxy) is 2. The number of guanidine groups is 1. The van der Waals surface area contributed by atoms with Crippen LogP contribution in [0.3, 0.4) is 0 Å². The maximum Gasteiger partial charge on any atom is 0.401 e. The van der Waals surface area contributed by atoms with Crippen molar-refractivity contribution in [2.24, 2.45) is 10.9 Å². The number of benzene rings is 1. The third kappa shape index (κ3) is 9.21. The molecule has 1 aliphatic heterocycles. The SMILES string of the molecule is CN=C(NCCOCc1ccccc1OC)NCCC1CCN(CC(F)(F)F)CC1. The van der Waals surface area contributed by atoms with E-state index >= 15 is 0 Å². The van der Waals surface area contributed by atoms with E-state index < -0.39 is 12.7 Å². The van der Waals surface area contributed by atoms with Crippen molar-refractivity contribution in [3.63, 3.8) is 0 Å². The van der Waals surface area contributed by atoms with Crippen molar-refractivity contribution in [1.29, 1.82) is 0 Å². The number of piperidine rings is 1. The van der Waals surface area contributed by atoms with E-state index in [1.165, 1.54) is 4.90 Å². The molecule has 30 heavy (non-hydrogen) atoms. The number of para-hydroxylation sites is 1. The molecule has 0 saturated carbocycles. The van der Waals surface area contributed by atoms with Gasteiger partial charge in [0.1, 0.15) is 5.75 Å². The number of alkyl halides is 3. The number of halogens is 3. The predicted molar refractivity (Wildman–Crippen MR) is 112 cm³/mol. The number of rotatable bonds is 10. The minimum atomic E-state index is -4.11. The first-order valence-corrected chi connectivity index (χ1v) is 10.3. The van der Waals surface area contributed by atoms with Crippen LogP contribution in [-0.4, -0.2) is 70.5 Å². The average molecular weight is 431 g/mol. The van der Waals surface area contributed by atoms with Gasteiger partial charge >= 0.3 is 6.18 Å². The summed E-state index contributed by atoms with van der Waals surface area (Å²) in [5, 5.41) is 6.47. The summed E-state index contributed by atoms with van der Waals surface area (Å²) in [7, 11) is 3.35. The van der Waals surface area contributed by atoms with Crippen LogP contribution in [-0.2, 0) is 11.3 Å². The molecule has 0 bridgehead atoms. The summed E-state index contributed by atoms with van der Waals surface area (Å²) in [6.45, 7) is 2.59. The first-order valence-electron chi connectivity index (χ1n) is 10.3. The van der Waals surface area contributed by atoms with Gasteiger partial charge in [-0.25, -0.2) is 0 Å². The Balaban J connectivity index is 1.55. The van der Waals surface area contributed by atoms with E-state index in [2.05, 4.69) is 15.6 Å². The summed E-state index contributed by atoms with van der Waals surface area (Å²) in [4.78, 5) is 5.69. The topological polar surface area (TPSA) is 58.1 Å². The molecular formula is C21H33F3N4O2. The van der Waals surface area contributed by atoms with Gasteiger partial charge in [-0.3, -0.25) is 9.89 Å². The highest BCUT2D eigenvalue weighted by molar-refractivity contribution is 5.79. The van der Waals surface area contributed by atoms with Crippen LogP contribution >= 0.6 is 0 Å². The Morgan fingerprint density at radius 1 is 1.17 bits per heavy atom. The lowest BCUT2D eigenvalue weighted by atomic mass is 9.93. The Morgan fingerprint density at radius 3 is 2.53 bits per heavy atom. The molecule has 1 saturated heterocycles. The zero-order valence-corrected chi connectivity index (χ0v) is 17.8. The van der Waals surface area contributed by atoms with Crippen LogP contribution in [0, 0.1) is 5.92 Å². The molecule has 1 aromatic carbocycles. The summed E-state index contributed by atoms with van der Waals surface area (Å²) in [5.41, 5.74) is 1.00. The number of hydrogen-bond donors (Lipinski definition) is 2. The van der Waals surface area contributed by atoms with Gasteiger partial charge in [0.2, 0.25) is 0 Å². The smallest absolute Gasteiger partial charge is 0.401 e. The molecule has 170 valence electrons. The third-order valence-corrected chi connectivity index (χ3v) is 5.17. The van der Waals surface area contributed by atoms with Gasteiger partial charge in [0, 0.05) is 25.7 Å². The summed E-state index contributed by atoms with van der Waals surface area (Å²) in [5.74, 6) is 1.96. The number of methoxy groups -OCH3 is 1. The van der Waals surface area contributed by atoms with E-state index in [1.54, 1.807) is 14.2 Å². The third-order valence-electron chi connectivity index (χ3n) is 5.17. The predicted octanol–water partition coefficient (Wildman–Crippen LogP) is 3.04. The molecule has 0 unspecified atom stereocenters. The Bertz CT molecular complexity index is 647. The first kappa shape index (κ1) is 24.3. The van der Waals surface area contributed by atoms with Gasteiger partial charge in [0.05, 0.1) is 26.9 Å². The highest BCUT2D eigenvalue weighted by Crippen LogP contribution is 2.24. The quantitative estimate of drug-likeness (QED) is 0.340. The second-order valence-corrected chi connectivity index (χ2v) is 7.41. The van der Waals surface area contributed by atoms with E-state index in [0.717, 1.165) is 37.1 Å². The van der Waals surface area contributed by atoms with Crippen molar-refractivity contribution in [3.05, 3.63) is 29.8 Å². The molecular weight excluding hydrogens is 397 g/mol. The van der Waals surface area contributed by atoms with Gasteiger partial charge in [-0.15, -0.1) is 0 Å². The first-order chi connectivity index (χ1) is 14.4. The van der Waals surface area contributed by atoms with Crippen molar-refractivity contribution < 1.29 is 22.6 Å². The number of hydrogen-bond acceptors (Lipinski definition) is 4. The minimum Gasteiger partial charge on any atom is -0.496 e. The highest BCUT2D eigenvalue weighted by Gasteiger charge is 2.32. The van der Waals surface area contributed by atoms with Crippen LogP contribution < -0.4 is 15.4 Å². The number of nitrogens with zero attached hydrogens (tertiary/aromatic N) is 2. The molecule has 0 radical (unpaired) electrons. The second kappa shape index (κ2) is 12.6. The molecule has 1 fully saturated rings. The fourth-order valence-corrected chi connectivity index (χ4v) is 3.55. The minimum absolute atomic E-state index is 0.448. The molecule has 1 aliphatic rings. The van der Waals surface area contributed by atoms with E-state index in [1.807, 2.05) is 24.3 Å². The molecule has 0 aliphatic carbocycles. The molecule has 2 N–H and O–H groups in total. The molecule has 1 aromatic rings. The molecule has 6 nitrogen and oxygen atoms in total. The van der Waals surface area contributed by atoms with Gasteiger partial charge < -0.3 is 20.1 Å². The lowest BCUT2D eigenvalue weighted by Gasteiger charge is -2.32. The summed E-state index contributed by atoms with van der Waals surface area (Å²) in [6.07, 6.45) is -1.57. The Morgan fingerprint density at radius 2 is 1.87 bits per heavy atom. The van der Waals surface area contributed by atoms with Crippen molar-refractivity contribution in [3.8, 4) is 5.75 Å². The summed E-state index contributed by atoms with van der Waals surface area (Å²) >= 11 is 0. The van der Waals surface area contributed by atoms with Crippen LogP contribution in [0.1, 0.15) is 24.8 Å².